The summed E-state index contributed by atoms with van der Waals surface area (Å²) >= 11 is 1.50. The largest absolute Gasteiger partial charge is 0.389 e. The van der Waals surface area contributed by atoms with Gasteiger partial charge in [0, 0.05) is 26.2 Å². The Morgan fingerprint density at radius 2 is 2.44 bits per heavy atom. The number of anilines is 2. The number of carbonyl (C=O) groups is 1. The maximum absolute atomic E-state index is 11.4. The van der Waals surface area contributed by atoms with E-state index in [1.165, 1.54) is 11.3 Å². The SMILES string of the molecule is Nc1cnc(N2CCN3C(=O)NCC3C2)s1. The second-order valence-corrected chi connectivity index (χ2v) is 5.07. The van der Waals surface area contributed by atoms with Gasteiger partial charge in [-0.1, -0.05) is 11.3 Å². The molecule has 0 bridgehead atoms. The zero-order valence-corrected chi connectivity index (χ0v) is 9.54. The average molecular weight is 239 g/mol. The Kier molecular flexibility index (Phi) is 2.13. The highest BCUT2D eigenvalue weighted by atomic mass is 32.1. The van der Waals surface area contributed by atoms with E-state index in [1.807, 2.05) is 4.90 Å². The molecule has 0 saturated carbocycles. The molecule has 1 aromatic rings. The molecule has 0 spiro atoms. The minimum Gasteiger partial charge on any atom is -0.389 e. The van der Waals surface area contributed by atoms with Gasteiger partial charge in [-0.3, -0.25) is 0 Å². The summed E-state index contributed by atoms with van der Waals surface area (Å²) < 4.78 is 0. The summed E-state index contributed by atoms with van der Waals surface area (Å²) in [6, 6.07) is 0.328. The monoisotopic (exact) mass is 239 g/mol. The van der Waals surface area contributed by atoms with E-state index in [-0.39, 0.29) is 12.1 Å². The molecule has 0 aromatic carbocycles. The number of hydrogen-bond acceptors (Lipinski definition) is 5. The number of fused-ring (bicyclic) bond motifs is 1. The molecule has 7 heteroatoms. The smallest absolute Gasteiger partial charge is 0.317 e. The molecule has 2 saturated heterocycles. The molecule has 3 N–H and O–H groups in total. The van der Waals surface area contributed by atoms with Crippen LogP contribution in [0.3, 0.4) is 0 Å². The first-order chi connectivity index (χ1) is 7.74. The lowest BCUT2D eigenvalue weighted by Gasteiger charge is -2.36. The molecule has 1 atom stereocenters. The maximum Gasteiger partial charge on any atom is 0.317 e. The lowest BCUT2D eigenvalue weighted by molar-refractivity contribution is 0.197. The maximum atomic E-state index is 11.4. The number of nitrogens with two attached hydrogens (primary N) is 1. The lowest BCUT2D eigenvalue weighted by Crippen LogP contribution is -2.52. The molecule has 2 aliphatic rings. The molecule has 1 aromatic heterocycles. The Hall–Kier alpha value is -1.50. The van der Waals surface area contributed by atoms with Crippen LogP contribution in [0.15, 0.2) is 6.20 Å². The van der Waals surface area contributed by atoms with Crippen molar-refractivity contribution in [2.45, 2.75) is 6.04 Å². The highest BCUT2D eigenvalue weighted by molar-refractivity contribution is 7.19. The molecule has 3 heterocycles. The van der Waals surface area contributed by atoms with Crippen LogP contribution >= 0.6 is 11.3 Å². The number of thiazole rings is 1. The van der Waals surface area contributed by atoms with Crippen LogP contribution in [0.25, 0.3) is 0 Å². The van der Waals surface area contributed by atoms with Crippen molar-refractivity contribution in [1.82, 2.24) is 15.2 Å². The number of nitrogens with zero attached hydrogens (tertiary/aromatic N) is 3. The van der Waals surface area contributed by atoms with Crippen LogP contribution in [0, 0.1) is 0 Å². The van der Waals surface area contributed by atoms with Gasteiger partial charge in [0.25, 0.3) is 0 Å². The molecule has 0 radical (unpaired) electrons. The first kappa shape index (κ1) is 9.71. The second-order valence-electron chi connectivity index (χ2n) is 4.02. The van der Waals surface area contributed by atoms with Crippen LogP contribution in [0.5, 0.6) is 0 Å². The fraction of sp³-hybridized carbons (Fsp3) is 0.556. The van der Waals surface area contributed by atoms with E-state index in [4.69, 9.17) is 5.73 Å². The molecule has 0 aliphatic carbocycles. The van der Waals surface area contributed by atoms with Gasteiger partial charge in [-0.05, 0) is 0 Å². The zero-order valence-electron chi connectivity index (χ0n) is 8.72. The zero-order chi connectivity index (χ0) is 11.1. The van der Waals surface area contributed by atoms with Crippen LogP contribution in [-0.4, -0.2) is 48.1 Å². The number of rotatable bonds is 1. The van der Waals surface area contributed by atoms with Crippen molar-refractivity contribution in [1.29, 1.82) is 0 Å². The first-order valence-corrected chi connectivity index (χ1v) is 6.06. The van der Waals surface area contributed by atoms with Crippen LogP contribution in [-0.2, 0) is 0 Å². The van der Waals surface area contributed by atoms with Crippen LogP contribution < -0.4 is 16.0 Å². The highest BCUT2D eigenvalue weighted by Gasteiger charge is 2.35. The molecule has 2 aliphatic heterocycles. The third-order valence-corrected chi connectivity index (χ3v) is 3.90. The second kappa shape index (κ2) is 3.51. The van der Waals surface area contributed by atoms with Crippen molar-refractivity contribution in [3.63, 3.8) is 0 Å². The van der Waals surface area contributed by atoms with E-state index in [9.17, 15) is 4.79 Å². The minimum absolute atomic E-state index is 0.0586. The van der Waals surface area contributed by atoms with Crippen molar-refractivity contribution in [2.75, 3.05) is 36.8 Å². The van der Waals surface area contributed by atoms with Crippen molar-refractivity contribution in [2.24, 2.45) is 0 Å². The number of piperazine rings is 1. The third-order valence-electron chi connectivity index (χ3n) is 3.01. The third kappa shape index (κ3) is 1.47. The number of nitrogen functional groups attached to an aromatic ring is 1. The Labute approximate surface area is 97.0 Å². The summed E-state index contributed by atoms with van der Waals surface area (Å²) in [7, 11) is 0. The fourth-order valence-corrected chi connectivity index (χ4v) is 2.92. The number of amides is 2. The molecule has 1 unspecified atom stereocenters. The molecule has 2 fully saturated rings. The molecule has 86 valence electrons. The Morgan fingerprint density at radius 1 is 1.56 bits per heavy atom. The van der Waals surface area contributed by atoms with Gasteiger partial charge in [-0.2, -0.15) is 0 Å². The average Bonchev–Trinajstić information content (AvgIpc) is 2.86. The van der Waals surface area contributed by atoms with Gasteiger partial charge in [0.2, 0.25) is 0 Å². The van der Waals surface area contributed by atoms with E-state index < -0.39 is 0 Å². The normalized spacial score (nSPS) is 24.5. The van der Waals surface area contributed by atoms with E-state index in [1.54, 1.807) is 6.20 Å². The Bertz CT molecular complexity index is 420. The fourth-order valence-electron chi connectivity index (χ4n) is 2.20. The van der Waals surface area contributed by atoms with Gasteiger partial charge in [0.1, 0.15) is 5.00 Å². The standard InChI is InChI=1S/C9H13N5OS/c10-7-4-12-9(16-7)13-1-2-14-6(5-13)3-11-8(14)15/h4,6H,1-3,5,10H2,(H,11,15). The summed E-state index contributed by atoms with van der Waals surface area (Å²) in [5.41, 5.74) is 5.67. The van der Waals surface area contributed by atoms with Gasteiger partial charge in [0.05, 0.1) is 12.2 Å². The van der Waals surface area contributed by atoms with Crippen LogP contribution in [0.2, 0.25) is 0 Å². The molecule has 6 nitrogen and oxygen atoms in total. The number of urea groups is 1. The van der Waals surface area contributed by atoms with Gasteiger partial charge in [0.15, 0.2) is 5.13 Å². The summed E-state index contributed by atoms with van der Waals surface area (Å²) in [5.74, 6) is 0. The number of hydrogen-bond donors (Lipinski definition) is 2. The lowest BCUT2D eigenvalue weighted by atomic mass is 10.2. The van der Waals surface area contributed by atoms with E-state index in [0.29, 0.717) is 0 Å². The van der Waals surface area contributed by atoms with Crippen molar-refractivity contribution >= 4 is 27.5 Å². The summed E-state index contributed by atoms with van der Waals surface area (Å²) in [6.07, 6.45) is 1.68. The Morgan fingerprint density at radius 3 is 3.19 bits per heavy atom. The van der Waals surface area contributed by atoms with Crippen molar-refractivity contribution in [3.05, 3.63) is 6.20 Å². The number of aromatic nitrogens is 1. The van der Waals surface area contributed by atoms with Gasteiger partial charge in [-0.25, -0.2) is 9.78 Å². The van der Waals surface area contributed by atoms with Crippen molar-refractivity contribution < 1.29 is 4.79 Å². The molecule has 16 heavy (non-hydrogen) atoms. The summed E-state index contributed by atoms with van der Waals surface area (Å²) in [5, 5.41) is 4.55. The van der Waals surface area contributed by atoms with Crippen molar-refractivity contribution in [3.8, 4) is 0 Å². The van der Waals surface area contributed by atoms with Crippen LogP contribution in [0.1, 0.15) is 0 Å². The molecular weight excluding hydrogens is 226 g/mol. The quantitative estimate of drug-likeness (QED) is 0.720. The van der Waals surface area contributed by atoms with Gasteiger partial charge in [-0.15, -0.1) is 0 Å². The molecule has 3 rings (SSSR count). The van der Waals surface area contributed by atoms with Crippen LogP contribution in [0.4, 0.5) is 14.9 Å². The summed E-state index contributed by atoms with van der Waals surface area (Å²) in [6.45, 7) is 3.16. The van der Waals surface area contributed by atoms with Gasteiger partial charge >= 0.3 is 6.03 Å². The van der Waals surface area contributed by atoms with E-state index in [2.05, 4.69) is 15.2 Å². The Balaban J connectivity index is 1.75. The predicted molar refractivity (Wildman–Crippen MR) is 62.6 cm³/mol. The first-order valence-electron chi connectivity index (χ1n) is 5.25. The highest BCUT2D eigenvalue weighted by Crippen LogP contribution is 2.26. The van der Waals surface area contributed by atoms with E-state index >= 15 is 0 Å². The predicted octanol–water partition coefficient (Wildman–Crippen LogP) is -0.0609. The van der Waals surface area contributed by atoms with E-state index in [0.717, 1.165) is 36.3 Å². The minimum atomic E-state index is 0.0586. The number of nitrogens with one attached hydrogen (secondary N) is 1. The molecular formula is C9H13N5OS. The topological polar surface area (TPSA) is 74.5 Å². The molecule has 2 amide bonds. The van der Waals surface area contributed by atoms with Gasteiger partial charge < -0.3 is 20.9 Å². The number of carbonyl (C=O) groups excluding carboxylic acids is 1. The summed E-state index contributed by atoms with van der Waals surface area (Å²) in [4.78, 5) is 19.8.